The molecule has 0 aliphatic carbocycles. The third-order valence-electron chi connectivity index (χ3n) is 3.11. The van der Waals surface area contributed by atoms with Crippen molar-refractivity contribution in [2.45, 2.75) is 13.5 Å². The number of hydrogen-bond donors (Lipinski definition) is 2. The lowest BCUT2D eigenvalue weighted by Crippen LogP contribution is -2.04. The predicted molar refractivity (Wildman–Crippen MR) is 93.2 cm³/mol. The van der Waals surface area contributed by atoms with Crippen LogP contribution in [0.4, 0.5) is 11.8 Å². The Balaban J connectivity index is 1.90. The Kier molecular flexibility index (Phi) is 4.07. The molecule has 1 aromatic carbocycles. The van der Waals surface area contributed by atoms with Crippen LogP contribution in [0.25, 0.3) is 10.2 Å². The number of thiophene rings is 1. The lowest BCUT2D eigenvalue weighted by Gasteiger charge is -2.08. The maximum Gasteiger partial charge on any atom is 0.225 e. The van der Waals surface area contributed by atoms with Crippen molar-refractivity contribution in [1.82, 2.24) is 9.97 Å². The second kappa shape index (κ2) is 5.99. The van der Waals surface area contributed by atoms with E-state index in [0.29, 0.717) is 5.95 Å². The van der Waals surface area contributed by atoms with Crippen LogP contribution >= 0.6 is 27.3 Å². The van der Waals surface area contributed by atoms with Crippen molar-refractivity contribution in [3.8, 4) is 0 Å². The molecular formula is C15H15BrN4S. The Morgan fingerprint density at radius 2 is 1.95 bits per heavy atom. The summed E-state index contributed by atoms with van der Waals surface area (Å²) in [6.07, 6.45) is 0. The standard InChI is InChI=1S/C15H15BrN4S/c1-9-7-12-13(19-15(17-2)20-14(12)21-9)18-8-10-3-5-11(16)6-4-10/h3-7H,8H2,1-2H3,(H2,17,18,19,20). The molecule has 0 unspecified atom stereocenters. The van der Waals surface area contributed by atoms with Crippen LogP contribution in [0.15, 0.2) is 34.8 Å². The summed E-state index contributed by atoms with van der Waals surface area (Å²) < 4.78 is 1.08. The lowest BCUT2D eigenvalue weighted by atomic mass is 10.2. The molecule has 2 N–H and O–H groups in total. The third-order valence-corrected chi connectivity index (χ3v) is 4.59. The van der Waals surface area contributed by atoms with E-state index in [1.54, 1.807) is 11.3 Å². The fourth-order valence-corrected chi connectivity index (χ4v) is 3.22. The minimum absolute atomic E-state index is 0.641. The van der Waals surface area contributed by atoms with Crippen molar-refractivity contribution in [3.05, 3.63) is 45.2 Å². The van der Waals surface area contributed by atoms with Gasteiger partial charge in [-0.15, -0.1) is 11.3 Å². The Hall–Kier alpha value is -1.66. The van der Waals surface area contributed by atoms with Crippen LogP contribution in [-0.2, 0) is 6.54 Å². The van der Waals surface area contributed by atoms with Gasteiger partial charge in [-0.25, -0.2) is 4.98 Å². The Bertz CT molecular complexity index is 767. The minimum Gasteiger partial charge on any atom is -0.365 e. The SMILES string of the molecule is CNc1nc(NCc2ccc(Br)cc2)c2cc(C)sc2n1. The van der Waals surface area contributed by atoms with Crippen molar-refractivity contribution >= 4 is 49.2 Å². The van der Waals surface area contributed by atoms with Crippen molar-refractivity contribution in [2.24, 2.45) is 0 Å². The summed E-state index contributed by atoms with van der Waals surface area (Å²) >= 11 is 5.13. The topological polar surface area (TPSA) is 49.8 Å². The molecule has 21 heavy (non-hydrogen) atoms. The summed E-state index contributed by atoms with van der Waals surface area (Å²) in [5.74, 6) is 1.51. The summed E-state index contributed by atoms with van der Waals surface area (Å²) in [7, 11) is 1.83. The summed E-state index contributed by atoms with van der Waals surface area (Å²) in [4.78, 5) is 11.3. The minimum atomic E-state index is 0.641. The Labute approximate surface area is 135 Å². The van der Waals surface area contributed by atoms with E-state index in [2.05, 4.69) is 61.7 Å². The molecule has 0 bridgehead atoms. The molecule has 2 aromatic heterocycles. The molecule has 3 aromatic rings. The molecule has 0 saturated carbocycles. The number of fused-ring (bicyclic) bond motifs is 1. The molecule has 0 fully saturated rings. The van der Waals surface area contributed by atoms with Gasteiger partial charge < -0.3 is 10.6 Å². The fourth-order valence-electron chi connectivity index (χ4n) is 2.08. The highest BCUT2D eigenvalue weighted by Crippen LogP contribution is 2.29. The first-order valence-electron chi connectivity index (χ1n) is 6.60. The number of aryl methyl sites for hydroxylation is 1. The summed E-state index contributed by atoms with van der Waals surface area (Å²) in [6, 6.07) is 10.4. The van der Waals surface area contributed by atoms with Gasteiger partial charge in [-0.1, -0.05) is 28.1 Å². The molecule has 108 valence electrons. The smallest absolute Gasteiger partial charge is 0.225 e. The molecule has 0 amide bonds. The summed E-state index contributed by atoms with van der Waals surface area (Å²) in [5, 5.41) is 7.50. The van der Waals surface area contributed by atoms with E-state index in [1.165, 1.54) is 10.4 Å². The largest absolute Gasteiger partial charge is 0.365 e. The van der Waals surface area contributed by atoms with Gasteiger partial charge in [0.25, 0.3) is 0 Å². The van der Waals surface area contributed by atoms with E-state index in [0.717, 1.165) is 27.1 Å². The molecule has 0 aliphatic heterocycles. The van der Waals surface area contributed by atoms with Crippen molar-refractivity contribution in [1.29, 1.82) is 0 Å². The quantitative estimate of drug-likeness (QED) is 0.721. The van der Waals surface area contributed by atoms with Gasteiger partial charge in [0.15, 0.2) is 0 Å². The summed E-state index contributed by atoms with van der Waals surface area (Å²) in [5.41, 5.74) is 1.21. The van der Waals surface area contributed by atoms with E-state index < -0.39 is 0 Å². The van der Waals surface area contributed by atoms with E-state index in [9.17, 15) is 0 Å². The molecule has 0 atom stereocenters. The molecular weight excluding hydrogens is 348 g/mol. The van der Waals surface area contributed by atoms with Crippen LogP contribution in [0, 0.1) is 6.92 Å². The zero-order chi connectivity index (χ0) is 14.8. The van der Waals surface area contributed by atoms with Gasteiger partial charge in [0.1, 0.15) is 10.6 Å². The highest BCUT2D eigenvalue weighted by atomic mass is 79.9. The molecule has 3 rings (SSSR count). The average Bonchev–Trinajstić information content (AvgIpc) is 2.86. The number of anilines is 2. The number of nitrogens with one attached hydrogen (secondary N) is 2. The second-order valence-electron chi connectivity index (χ2n) is 4.70. The molecule has 6 heteroatoms. The van der Waals surface area contributed by atoms with Crippen LogP contribution < -0.4 is 10.6 Å². The van der Waals surface area contributed by atoms with Crippen molar-refractivity contribution < 1.29 is 0 Å². The van der Waals surface area contributed by atoms with Gasteiger partial charge in [0.05, 0.1) is 5.39 Å². The predicted octanol–water partition coefficient (Wildman–Crippen LogP) is 4.42. The summed E-state index contributed by atoms with van der Waals surface area (Å²) in [6.45, 7) is 2.82. The molecule has 2 heterocycles. The van der Waals surface area contributed by atoms with Crippen molar-refractivity contribution in [2.75, 3.05) is 17.7 Å². The first-order valence-corrected chi connectivity index (χ1v) is 8.21. The third kappa shape index (κ3) is 3.16. The van der Waals surface area contributed by atoms with Gasteiger partial charge in [0.2, 0.25) is 5.95 Å². The van der Waals surface area contributed by atoms with Gasteiger partial charge in [0, 0.05) is 22.9 Å². The number of halogens is 1. The highest BCUT2D eigenvalue weighted by molar-refractivity contribution is 9.10. The van der Waals surface area contributed by atoms with Gasteiger partial charge in [-0.3, -0.25) is 0 Å². The average molecular weight is 363 g/mol. The van der Waals surface area contributed by atoms with Gasteiger partial charge in [-0.2, -0.15) is 4.98 Å². The zero-order valence-electron chi connectivity index (χ0n) is 11.8. The maximum absolute atomic E-state index is 4.53. The van der Waals surface area contributed by atoms with E-state index in [4.69, 9.17) is 0 Å². The molecule has 4 nitrogen and oxygen atoms in total. The van der Waals surface area contributed by atoms with Crippen molar-refractivity contribution in [3.63, 3.8) is 0 Å². The fraction of sp³-hybridized carbons (Fsp3) is 0.200. The monoisotopic (exact) mass is 362 g/mol. The number of nitrogens with zero attached hydrogens (tertiary/aromatic N) is 2. The van der Waals surface area contributed by atoms with E-state index >= 15 is 0 Å². The van der Waals surface area contributed by atoms with Crippen LogP contribution in [0.5, 0.6) is 0 Å². The molecule has 0 radical (unpaired) electrons. The molecule has 0 spiro atoms. The van der Waals surface area contributed by atoms with Gasteiger partial charge in [-0.05, 0) is 30.7 Å². The van der Waals surface area contributed by atoms with Crippen LogP contribution in [0.2, 0.25) is 0 Å². The second-order valence-corrected chi connectivity index (χ2v) is 6.85. The first kappa shape index (κ1) is 14.3. The highest BCUT2D eigenvalue weighted by Gasteiger charge is 2.09. The van der Waals surface area contributed by atoms with E-state index in [-0.39, 0.29) is 0 Å². The lowest BCUT2D eigenvalue weighted by molar-refractivity contribution is 1.10. The Morgan fingerprint density at radius 3 is 2.67 bits per heavy atom. The maximum atomic E-state index is 4.53. The number of hydrogen-bond acceptors (Lipinski definition) is 5. The first-order chi connectivity index (χ1) is 10.2. The van der Waals surface area contributed by atoms with Crippen LogP contribution in [0.1, 0.15) is 10.4 Å². The number of aromatic nitrogens is 2. The van der Waals surface area contributed by atoms with Crippen LogP contribution in [0.3, 0.4) is 0 Å². The molecule has 0 aliphatic rings. The molecule has 0 saturated heterocycles. The van der Waals surface area contributed by atoms with Gasteiger partial charge >= 0.3 is 0 Å². The van der Waals surface area contributed by atoms with E-state index in [1.807, 2.05) is 19.2 Å². The van der Waals surface area contributed by atoms with Crippen LogP contribution in [-0.4, -0.2) is 17.0 Å². The number of rotatable bonds is 4. The zero-order valence-corrected chi connectivity index (χ0v) is 14.2. The normalized spacial score (nSPS) is 10.8. The number of benzene rings is 1. The Morgan fingerprint density at radius 1 is 1.19 bits per heavy atom.